The Morgan fingerprint density at radius 1 is 1.22 bits per heavy atom. The van der Waals surface area contributed by atoms with Crippen LogP contribution in [0.15, 0.2) is 53.3 Å². The second-order valence-electron chi connectivity index (χ2n) is 7.39. The van der Waals surface area contributed by atoms with Gasteiger partial charge in [-0.05, 0) is 56.4 Å². The molecule has 1 aliphatic rings. The van der Waals surface area contributed by atoms with Crippen LogP contribution in [0.4, 0.5) is 0 Å². The highest BCUT2D eigenvalue weighted by Crippen LogP contribution is 2.31. The van der Waals surface area contributed by atoms with Crippen molar-refractivity contribution in [3.05, 3.63) is 54.4 Å². The summed E-state index contributed by atoms with van der Waals surface area (Å²) in [4.78, 5) is 17.0. The molecule has 2 N–H and O–H groups in total. The maximum atomic E-state index is 12.6. The molecule has 2 aromatic heterocycles. The molecule has 0 aliphatic heterocycles. The number of carbonyl (C=O) groups excluding carboxylic acids is 1. The molecule has 1 saturated carbocycles. The van der Waals surface area contributed by atoms with E-state index in [1.165, 1.54) is 0 Å². The predicted molar refractivity (Wildman–Crippen MR) is 104 cm³/mol. The summed E-state index contributed by atoms with van der Waals surface area (Å²) in [5, 5.41) is 14.4. The van der Waals surface area contributed by atoms with Gasteiger partial charge < -0.3 is 14.8 Å². The summed E-state index contributed by atoms with van der Waals surface area (Å²) in [7, 11) is 0. The minimum atomic E-state index is -0.552. The molecular weight excluding hydrogens is 340 g/mol. The summed E-state index contributed by atoms with van der Waals surface area (Å²) < 4.78 is 5.43. The Kier molecular flexibility index (Phi) is 4.70. The van der Waals surface area contributed by atoms with Gasteiger partial charge in [0.1, 0.15) is 5.58 Å². The maximum Gasteiger partial charge on any atom is 0.251 e. The molecule has 0 unspecified atom stereocenters. The number of fused-ring (bicyclic) bond motifs is 1. The summed E-state index contributed by atoms with van der Waals surface area (Å²) >= 11 is 0. The fourth-order valence-corrected chi connectivity index (χ4v) is 3.83. The SMILES string of the molecule is CC[C@]1(O)CC[C@H](NC(=O)c2ccc(-c3nccc4occc34)cc2)CC1. The minimum Gasteiger partial charge on any atom is -0.464 e. The fourth-order valence-electron chi connectivity index (χ4n) is 3.83. The van der Waals surface area contributed by atoms with Crippen LogP contribution in [0.3, 0.4) is 0 Å². The smallest absolute Gasteiger partial charge is 0.251 e. The lowest BCUT2D eigenvalue weighted by molar-refractivity contribution is -0.00652. The number of hydrogen-bond donors (Lipinski definition) is 2. The van der Waals surface area contributed by atoms with Crippen molar-refractivity contribution in [2.24, 2.45) is 0 Å². The number of pyridine rings is 1. The first-order valence-corrected chi connectivity index (χ1v) is 9.54. The van der Waals surface area contributed by atoms with Gasteiger partial charge in [-0.3, -0.25) is 9.78 Å². The standard InChI is InChI=1S/C22H24N2O3/c1-2-22(26)11-7-17(8-12-22)24-21(25)16-5-3-15(4-6-16)20-18-10-14-27-19(18)9-13-23-20/h3-6,9-10,13-14,17,26H,2,7-8,11-12H2,1H3,(H,24,25)/t17-,22-. The van der Waals surface area contributed by atoms with Gasteiger partial charge in [0.05, 0.1) is 17.6 Å². The van der Waals surface area contributed by atoms with Crippen molar-refractivity contribution in [1.29, 1.82) is 0 Å². The van der Waals surface area contributed by atoms with Crippen LogP contribution >= 0.6 is 0 Å². The van der Waals surface area contributed by atoms with Crippen LogP contribution in [-0.2, 0) is 0 Å². The Balaban J connectivity index is 1.45. The predicted octanol–water partition coefficient (Wildman–Crippen LogP) is 4.31. The van der Waals surface area contributed by atoms with E-state index < -0.39 is 5.60 Å². The molecule has 0 spiro atoms. The molecule has 1 amide bonds. The molecule has 0 radical (unpaired) electrons. The van der Waals surface area contributed by atoms with Gasteiger partial charge in [-0.1, -0.05) is 19.1 Å². The van der Waals surface area contributed by atoms with E-state index in [2.05, 4.69) is 10.3 Å². The third kappa shape index (κ3) is 3.60. The number of nitrogens with one attached hydrogen (secondary N) is 1. The molecule has 5 heteroatoms. The largest absolute Gasteiger partial charge is 0.464 e. The molecule has 0 atom stereocenters. The van der Waals surface area contributed by atoms with Gasteiger partial charge in [-0.15, -0.1) is 0 Å². The maximum absolute atomic E-state index is 12.6. The van der Waals surface area contributed by atoms with E-state index in [9.17, 15) is 9.90 Å². The lowest BCUT2D eigenvalue weighted by Crippen LogP contribution is -2.43. The first-order chi connectivity index (χ1) is 13.1. The van der Waals surface area contributed by atoms with E-state index in [4.69, 9.17) is 4.42 Å². The molecule has 5 nitrogen and oxygen atoms in total. The van der Waals surface area contributed by atoms with Gasteiger partial charge in [0.25, 0.3) is 5.91 Å². The highest BCUT2D eigenvalue weighted by molar-refractivity contribution is 5.96. The fraction of sp³-hybridized carbons (Fsp3) is 0.364. The number of amides is 1. The molecule has 4 rings (SSSR count). The molecule has 0 bridgehead atoms. The van der Waals surface area contributed by atoms with Crippen LogP contribution < -0.4 is 5.32 Å². The van der Waals surface area contributed by atoms with Gasteiger partial charge in [0.15, 0.2) is 0 Å². The molecule has 1 aromatic carbocycles. The summed E-state index contributed by atoms with van der Waals surface area (Å²) in [5.41, 5.74) is 2.67. The average molecular weight is 364 g/mol. The Bertz CT molecular complexity index is 938. The van der Waals surface area contributed by atoms with Crippen molar-refractivity contribution >= 4 is 16.9 Å². The molecule has 27 heavy (non-hydrogen) atoms. The zero-order valence-electron chi connectivity index (χ0n) is 15.4. The van der Waals surface area contributed by atoms with Crippen LogP contribution in [0, 0.1) is 0 Å². The number of carbonyl (C=O) groups is 1. The molecule has 2 heterocycles. The van der Waals surface area contributed by atoms with Crippen LogP contribution in [0.5, 0.6) is 0 Å². The molecular formula is C22H24N2O3. The number of nitrogens with zero attached hydrogens (tertiary/aromatic N) is 1. The Morgan fingerprint density at radius 3 is 2.67 bits per heavy atom. The lowest BCUT2D eigenvalue weighted by atomic mass is 9.80. The van der Waals surface area contributed by atoms with Crippen molar-refractivity contribution < 1.29 is 14.3 Å². The van der Waals surface area contributed by atoms with Crippen molar-refractivity contribution in [3.8, 4) is 11.3 Å². The minimum absolute atomic E-state index is 0.0667. The zero-order chi connectivity index (χ0) is 18.9. The normalized spacial score (nSPS) is 22.7. The third-order valence-electron chi connectivity index (χ3n) is 5.71. The molecule has 140 valence electrons. The number of rotatable bonds is 4. The van der Waals surface area contributed by atoms with E-state index in [0.29, 0.717) is 5.56 Å². The third-order valence-corrected chi connectivity index (χ3v) is 5.71. The Labute approximate surface area is 158 Å². The quantitative estimate of drug-likeness (QED) is 0.723. The topological polar surface area (TPSA) is 75.4 Å². The van der Waals surface area contributed by atoms with Crippen molar-refractivity contribution in [3.63, 3.8) is 0 Å². The van der Waals surface area contributed by atoms with Crippen LogP contribution in [0.25, 0.3) is 22.2 Å². The van der Waals surface area contributed by atoms with Crippen molar-refractivity contribution in [2.45, 2.75) is 50.7 Å². The van der Waals surface area contributed by atoms with E-state index in [1.54, 1.807) is 12.5 Å². The van der Waals surface area contributed by atoms with Crippen molar-refractivity contribution in [2.75, 3.05) is 0 Å². The van der Waals surface area contributed by atoms with Crippen LogP contribution in [-0.4, -0.2) is 27.6 Å². The first kappa shape index (κ1) is 17.7. The monoisotopic (exact) mass is 364 g/mol. The van der Waals surface area contributed by atoms with E-state index in [-0.39, 0.29) is 11.9 Å². The van der Waals surface area contributed by atoms with Crippen LogP contribution in [0.2, 0.25) is 0 Å². The molecule has 0 saturated heterocycles. The van der Waals surface area contributed by atoms with Crippen molar-refractivity contribution in [1.82, 2.24) is 10.3 Å². The number of aliphatic hydroxyl groups is 1. The van der Waals surface area contributed by atoms with Gasteiger partial charge in [-0.2, -0.15) is 0 Å². The molecule has 1 aliphatic carbocycles. The van der Waals surface area contributed by atoms with Gasteiger partial charge >= 0.3 is 0 Å². The highest BCUT2D eigenvalue weighted by atomic mass is 16.3. The number of aromatic nitrogens is 1. The van der Waals surface area contributed by atoms with E-state index in [0.717, 1.165) is 54.3 Å². The van der Waals surface area contributed by atoms with Crippen LogP contribution in [0.1, 0.15) is 49.4 Å². The first-order valence-electron chi connectivity index (χ1n) is 9.54. The van der Waals surface area contributed by atoms with Gasteiger partial charge in [-0.25, -0.2) is 0 Å². The van der Waals surface area contributed by atoms with Gasteiger partial charge in [0, 0.05) is 28.8 Å². The number of furan rings is 1. The summed E-state index contributed by atoms with van der Waals surface area (Å²) in [6.07, 6.45) is 7.28. The second kappa shape index (κ2) is 7.16. The van der Waals surface area contributed by atoms with E-state index >= 15 is 0 Å². The number of benzene rings is 1. The Hall–Kier alpha value is -2.66. The summed E-state index contributed by atoms with van der Waals surface area (Å²) in [6.45, 7) is 2.01. The lowest BCUT2D eigenvalue weighted by Gasteiger charge is -2.35. The molecule has 1 fully saturated rings. The summed E-state index contributed by atoms with van der Waals surface area (Å²) in [6, 6.07) is 11.4. The molecule has 3 aromatic rings. The number of hydrogen-bond acceptors (Lipinski definition) is 4. The van der Waals surface area contributed by atoms with E-state index in [1.807, 2.05) is 43.3 Å². The van der Waals surface area contributed by atoms with Gasteiger partial charge in [0.2, 0.25) is 0 Å². The Morgan fingerprint density at radius 2 is 1.96 bits per heavy atom. The zero-order valence-corrected chi connectivity index (χ0v) is 15.4. The summed E-state index contributed by atoms with van der Waals surface area (Å²) in [5.74, 6) is -0.0667. The average Bonchev–Trinajstić information content (AvgIpc) is 3.19. The highest BCUT2D eigenvalue weighted by Gasteiger charge is 2.32. The second-order valence-corrected chi connectivity index (χ2v) is 7.39.